The van der Waals surface area contributed by atoms with E-state index in [9.17, 15) is 17.6 Å². The molecule has 2 aliphatic rings. The molecule has 0 aromatic heterocycles. The summed E-state index contributed by atoms with van der Waals surface area (Å²) in [5.41, 5.74) is -3.59. The molecule has 2 aliphatic heterocycles. The minimum Gasteiger partial charge on any atom is -0.484 e. The van der Waals surface area contributed by atoms with Crippen LogP contribution in [0.5, 0.6) is 5.75 Å². The van der Waals surface area contributed by atoms with Crippen LogP contribution in [0.4, 0.5) is 17.6 Å². The summed E-state index contributed by atoms with van der Waals surface area (Å²) in [5.74, 6) is 0.410. The lowest BCUT2D eigenvalue weighted by atomic mass is 9.87. The molecule has 0 radical (unpaired) electrons. The van der Waals surface area contributed by atoms with Crippen LogP contribution in [-0.2, 0) is 0 Å². The fraction of sp³-hybridized carbons (Fsp3) is 0.400. The van der Waals surface area contributed by atoms with Crippen molar-refractivity contribution in [1.29, 1.82) is 0 Å². The van der Waals surface area contributed by atoms with Gasteiger partial charge in [-0.3, -0.25) is 0 Å². The Hall–Kier alpha value is -1.38. The molecular formula is C20H19F4NOS2. The molecule has 2 heterocycles. The third-order valence-electron chi connectivity index (χ3n) is 5.09. The summed E-state index contributed by atoms with van der Waals surface area (Å²) in [5, 5.41) is 0. The molecule has 0 unspecified atom stereocenters. The summed E-state index contributed by atoms with van der Waals surface area (Å²) in [4.78, 5) is 3.85. The fourth-order valence-corrected chi connectivity index (χ4v) is 5.34. The third kappa shape index (κ3) is 4.44. The number of fused-ring (bicyclic) bond motifs is 2. The van der Waals surface area contributed by atoms with Crippen LogP contribution in [0.15, 0.2) is 51.1 Å². The van der Waals surface area contributed by atoms with Crippen molar-refractivity contribution in [3.8, 4) is 5.75 Å². The standard InChI is InChI=1S/C20H19F4NOS2/c1-25-8-6-12(7-9-25)19-15-11-14(28-20(22,23)24)3-5-17(15)27-18-10-13(21)2-4-16(18)26-19/h2-5,10-12,19H,6-9H2,1H3/t19-/m0/s1. The first-order chi connectivity index (χ1) is 13.3. The van der Waals surface area contributed by atoms with E-state index in [0.29, 0.717) is 10.6 Å². The minimum absolute atomic E-state index is 0.117. The van der Waals surface area contributed by atoms with Crippen molar-refractivity contribution < 1.29 is 22.3 Å². The minimum atomic E-state index is -4.35. The molecule has 1 saturated heterocycles. The van der Waals surface area contributed by atoms with Gasteiger partial charge in [-0.1, -0.05) is 11.8 Å². The van der Waals surface area contributed by atoms with E-state index < -0.39 is 5.51 Å². The summed E-state index contributed by atoms with van der Waals surface area (Å²) >= 11 is 1.23. The van der Waals surface area contributed by atoms with Gasteiger partial charge < -0.3 is 9.64 Å². The number of rotatable bonds is 2. The highest BCUT2D eigenvalue weighted by atomic mass is 32.2. The van der Waals surface area contributed by atoms with E-state index in [2.05, 4.69) is 11.9 Å². The van der Waals surface area contributed by atoms with E-state index in [4.69, 9.17) is 4.74 Å². The number of thioether (sulfide) groups is 1. The van der Waals surface area contributed by atoms with Crippen LogP contribution in [0, 0.1) is 11.7 Å². The lowest BCUT2D eigenvalue weighted by Crippen LogP contribution is -2.34. The van der Waals surface area contributed by atoms with Gasteiger partial charge in [0.25, 0.3) is 0 Å². The van der Waals surface area contributed by atoms with Crippen LogP contribution in [0.2, 0.25) is 0 Å². The molecule has 2 aromatic carbocycles. The maximum Gasteiger partial charge on any atom is 0.446 e. The van der Waals surface area contributed by atoms with Crippen LogP contribution in [0.1, 0.15) is 24.5 Å². The number of benzene rings is 2. The second kappa shape index (κ2) is 7.80. The molecule has 0 spiro atoms. The van der Waals surface area contributed by atoms with E-state index in [1.807, 2.05) is 0 Å². The van der Waals surface area contributed by atoms with Gasteiger partial charge in [0.05, 0.1) is 4.90 Å². The average molecular weight is 430 g/mol. The summed E-state index contributed by atoms with van der Waals surface area (Å²) in [6.07, 6.45) is 1.45. The molecule has 8 heteroatoms. The molecule has 2 aromatic rings. The number of hydrogen-bond donors (Lipinski definition) is 0. The summed E-state index contributed by atoms with van der Waals surface area (Å²) in [7, 11) is 2.06. The Balaban J connectivity index is 1.75. The molecule has 1 atom stereocenters. The first kappa shape index (κ1) is 19.9. The maximum absolute atomic E-state index is 13.7. The zero-order chi connectivity index (χ0) is 19.9. The summed E-state index contributed by atoms with van der Waals surface area (Å²) in [6.45, 7) is 1.83. The van der Waals surface area contributed by atoms with Gasteiger partial charge in [0.15, 0.2) is 0 Å². The second-order valence-corrected chi connectivity index (χ2v) is 9.34. The van der Waals surface area contributed by atoms with Crippen LogP contribution < -0.4 is 4.74 Å². The normalized spacial score (nSPS) is 20.8. The molecule has 0 bridgehead atoms. The molecule has 2 nitrogen and oxygen atoms in total. The maximum atomic E-state index is 13.7. The average Bonchev–Trinajstić information content (AvgIpc) is 2.77. The Morgan fingerprint density at radius 1 is 1.07 bits per heavy atom. The van der Waals surface area contributed by atoms with Crippen LogP contribution in [0.25, 0.3) is 0 Å². The first-order valence-electron chi connectivity index (χ1n) is 9.01. The van der Waals surface area contributed by atoms with Crippen molar-refractivity contribution in [2.75, 3.05) is 20.1 Å². The van der Waals surface area contributed by atoms with Gasteiger partial charge >= 0.3 is 5.51 Å². The van der Waals surface area contributed by atoms with Crippen LogP contribution in [-0.4, -0.2) is 30.5 Å². The van der Waals surface area contributed by atoms with Crippen molar-refractivity contribution in [1.82, 2.24) is 4.90 Å². The summed E-state index contributed by atoms with van der Waals surface area (Å²) in [6, 6.07) is 9.13. The molecule has 0 saturated carbocycles. The Bertz CT molecular complexity index is 866. The zero-order valence-corrected chi connectivity index (χ0v) is 16.8. The Kier molecular flexibility index (Phi) is 5.55. The fourth-order valence-electron chi connectivity index (χ4n) is 3.70. The van der Waals surface area contributed by atoms with E-state index in [1.54, 1.807) is 18.2 Å². The molecule has 1 fully saturated rings. The Labute approximate surface area is 169 Å². The van der Waals surface area contributed by atoms with E-state index >= 15 is 0 Å². The van der Waals surface area contributed by atoms with Gasteiger partial charge in [-0.2, -0.15) is 13.2 Å². The first-order valence-corrected chi connectivity index (χ1v) is 10.6. The predicted octanol–water partition coefficient (Wildman–Crippen LogP) is 6.36. The van der Waals surface area contributed by atoms with E-state index in [0.717, 1.165) is 36.4 Å². The van der Waals surface area contributed by atoms with Crippen molar-refractivity contribution >= 4 is 23.5 Å². The molecular weight excluding hydrogens is 410 g/mol. The van der Waals surface area contributed by atoms with Gasteiger partial charge in [0.1, 0.15) is 17.7 Å². The van der Waals surface area contributed by atoms with Gasteiger partial charge in [-0.25, -0.2) is 4.39 Å². The predicted molar refractivity (Wildman–Crippen MR) is 102 cm³/mol. The summed E-state index contributed by atoms with van der Waals surface area (Å²) < 4.78 is 58.7. The monoisotopic (exact) mass is 429 g/mol. The van der Waals surface area contributed by atoms with Crippen molar-refractivity contribution in [3.63, 3.8) is 0 Å². The van der Waals surface area contributed by atoms with Crippen molar-refractivity contribution in [2.24, 2.45) is 5.92 Å². The smallest absolute Gasteiger partial charge is 0.446 e. The molecule has 0 aliphatic carbocycles. The largest absolute Gasteiger partial charge is 0.484 e. The lowest BCUT2D eigenvalue weighted by Gasteiger charge is -2.34. The number of halogens is 4. The number of hydrogen-bond acceptors (Lipinski definition) is 4. The Morgan fingerprint density at radius 2 is 1.82 bits per heavy atom. The quantitative estimate of drug-likeness (QED) is 0.406. The van der Waals surface area contributed by atoms with E-state index in [1.165, 1.54) is 30.0 Å². The lowest BCUT2D eigenvalue weighted by molar-refractivity contribution is -0.0328. The van der Waals surface area contributed by atoms with Crippen molar-refractivity contribution in [2.45, 2.75) is 39.1 Å². The van der Waals surface area contributed by atoms with Gasteiger partial charge in [-0.15, -0.1) is 0 Å². The highest BCUT2D eigenvalue weighted by Crippen LogP contribution is 2.49. The zero-order valence-electron chi connectivity index (χ0n) is 15.1. The third-order valence-corrected chi connectivity index (χ3v) is 6.94. The number of ether oxygens (including phenoxy) is 1. The molecule has 150 valence electrons. The highest BCUT2D eigenvalue weighted by Gasteiger charge is 2.35. The molecule has 0 amide bonds. The van der Waals surface area contributed by atoms with Gasteiger partial charge in [0, 0.05) is 21.3 Å². The van der Waals surface area contributed by atoms with Crippen molar-refractivity contribution in [3.05, 3.63) is 47.8 Å². The second-order valence-electron chi connectivity index (χ2n) is 7.12. The molecule has 0 N–H and O–H groups in total. The van der Waals surface area contributed by atoms with Crippen LogP contribution in [0.3, 0.4) is 0 Å². The number of nitrogens with zero attached hydrogens (tertiary/aromatic N) is 1. The van der Waals surface area contributed by atoms with Gasteiger partial charge in [0.2, 0.25) is 0 Å². The SMILES string of the molecule is CN1CCC([C@@H]2Oc3ccc(F)cc3Sc3ccc(SC(F)(F)F)cc32)CC1. The van der Waals surface area contributed by atoms with Crippen LogP contribution >= 0.6 is 23.5 Å². The highest BCUT2D eigenvalue weighted by molar-refractivity contribution is 8.00. The number of piperidine rings is 1. The molecule has 28 heavy (non-hydrogen) atoms. The molecule has 4 rings (SSSR count). The topological polar surface area (TPSA) is 12.5 Å². The number of likely N-dealkylation sites (tertiary alicyclic amines) is 1. The number of alkyl halides is 3. The Morgan fingerprint density at radius 3 is 2.54 bits per heavy atom. The van der Waals surface area contributed by atoms with Gasteiger partial charge in [-0.05, 0) is 81.1 Å². The van der Waals surface area contributed by atoms with E-state index in [-0.39, 0.29) is 34.5 Å².